The average Bonchev–Trinajstić information content (AvgIpc) is 3.07. The maximum absolute atomic E-state index is 4.79. The molecule has 1 saturated heterocycles. The molecule has 0 bridgehead atoms. The van der Waals surface area contributed by atoms with E-state index in [1.807, 2.05) is 36.3 Å². The van der Waals surface area contributed by atoms with Crippen LogP contribution in [-0.2, 0) is 7.05 Å². The molecular formula is C21H22ClN5. The molecule has 0 aliphatic carbocycles. The molecule has 0 atom stereocenters. The second kappa shape index (κ2) is 7.25. The van der Waals surface area contributed by atoms with Gasteiger partial charge in [-0.1, -0.05) is 6.07 Å². The molecule has 1 N–H and O–H groups in total. The molecule has 3 heterocycles. The van der Waals surface area contributed by atoms with Crippen molar-refractivity contribution >= 4 is 34.2 Å². The van der Waals surface area contributed by atoms with Crippen molar-refractivity contribution in [2.45, 2.75) is 18.8 Å². The summed E-state index contributed by atoms with van der Waals surface area (Å²) in [4.78, 5) is 9.42. The van der Waals surface area contributed by atoms with E-state index >= 15 is 0 Å². The molecule has 2 aromatic carbocycles. The van der Waals surface area contributed by atoms with Crippen LogP contribution in [0.1, 0.15) is 24.3 Å². The Morgan fingerprint density at radius 3 is 2.67 bits per heavy atom. The fourth-order valence-electron chi connectivity index (χ4n) is 3.89. The molecule has 1 aliphatic rings. The van der Waals surface area contributed by atoms with E-state index in [1.54, 1.807) is 0 Å². The van der Waals surface area contributed by atoms with Crippen LogP contribution >= 0.6 is 12.4 Å². The van der Waals surface area contributed by atoms with Crippen LogP contribution in [0, 0.1) is 0 Å². The highest BCUT2D eigenvalue weighted by Crippen LogP contribution is 2.28. The van der Waals surface area contributed by atoms with Crippen LogP contribution in [0.2, 0.25) is 0 Å². The summed E-state index contributed by atoms with van der Waals surface area (Å²) in [5, 5.41) is 10.1. The summed E-state index contributed by atoms with van der Waals surface area (Å²) in [5.74, 6) is 1.41. The van der Waals surface area contributed by atoms with Crippen LogP contribution in [0.4, 0.5) is 0 Å². The van der Waals surface area contributed by atoms with Gasteiger partial charge in [0.15, 0.2) is 5.82 Å². The highest BCUT2D eigenvalue weighted by molar-refractivity contribution is 5.85. The van der Waals surface area contributed by atoms with Gasteiger partial charge in [0.05, 0.1) is 11.0 Å². The van der Waals surface area contributed by atoms with Crippen LogP contribution < -0.4 is 5.32 Å². The Morgan fingerprint density at radius 2 is 1.81 bits per heavy atom. The van der Waals surface area contributed by atoms with Gasteiger partial charge in [-0.05, 0) is 67.7 Å². The van der Waals surface area contributed by atoms with E-state index in [0.29, 0.717) is 5.92 Å². The first-order valence-electron chi connectivity index (χ1n) is 9.17. The number of aryl methyl sites for hydroxylation is 1. The van der Waals surface area contributed by atoms with E-state index in [-0.39, 0.29) is 12.4 Å². The van der Waals surface area contributed by atoms with Crippen molar-refractivity contribution in [1.29, 1.82) is 0 Å². The third-order valence-corrected chi connectivity index (χ3v) is 5.29. The smallest absolute Gasteiger partial charge is 0.159 e. The number of fused-ring (bicyclic) bond motifs is 2. The lowest BCUT2D eigenvalue weighted by atomic mass is 9.89. The van der Waals surface area contributed by atoms with Crippen molar-refractivity contribution in [1.82, 2.24) is 25.1 Å². The number of hydrogen-bond acceptors (Lipinski definition) is 4. The fraction of sp³-hybridized carbons (Fsp3) is 0.286. The van der Waals surface area contributed by atoms with Crippen LogP contribution in [-0.4, -0.2) is 32.8 Å². The summed E-state index contributed by atoms with van der Waals surface area (Å²) in [5.41, 5.74) is 4.42. The predicted octanol–water partition coefficient (Wildman–Crippen LogP) is 4.07. The van der Waals surface area contributed by atoms with Crippen molar-refractivity contribution < 1.29 is 0 Å². The van der Waals surface area contributed by atoms with E-state index < -0.39 is 0 Å². The molecule has 0 spiro atoms. The topological polar surface area (TPSA) is 55.6 Å². The fourth-order valence-corrected chi connectivity index (χ4v) is 3.89. The Bertz CT molecular complexity index is 1100. The molecule has 2 aromatic heterocycles. The highest BCUT2D eigenvalue weighted by atomic mass is 35.5. The summed E-state index contributed by atoms with van der Waals surface area (Å²) in [7, 11) is 1.94. The van der Waals surface area contributed by atoms with Gasteiger partial charge in [0.2, 0.25) is 0 Å². The Morgan fingerprint density at radius 1 is 1.00 bits per heavy atom. The summed E-state index contributed by atoms with van der Waals surface area (Å²) < 4.78 is 1.83. The molecule has 0 unspecified atom stereocenters. The first-order chi connectivity index (χ1) is 12.8. The number of aromatic nitrogens is 4. The van der Waals surface area contributed by atoms with Gasteiger partial charge < -0.3 is 5.32 Å². The number of benzene rings is 2. The van der Waals surface area contributed by atoms with Gasteiger partial charge in [-0.2, -0.15) is 5.10 Å². The lowest BCUT2D eigenvalue weighted by Gasteiger charge is -2.23. The first kappa shape index (κ1) is 17.9. The van der Waals surface area contributed by atoms with Gasteiger partial charge in [-0.25, -0.2) is 9.97 Å². The lowest BCUT2D eigenvalue weighted by Crippen LogP contribution is -2.26. The van der Waals surface area contributed by atoms with Gasteiger partial charge in [0, 0.05) is 35.8 Å². The second-order valence-corrected chi connectivity index (χ2v) is 7.11. The summed E-state index contributed by atoms with van der Waals surface area (Å²) in [6, 6.07) is 12.8. The number of nitrogens with zero attached hydrogens (tertiary/aromatic N) is 4. The SMILES string of the molecule is Cl.Cn1cc2cc(-c3ncc4cc(C5CCNCC5)ccc4n3)ccc2n1. The van der Waals surface area contributed by atoms with Crippen molar-refractivity contribution in [2.75, 3.05) is 13.1 Å². The van der Waals surface area contributed by atoms with Gasteiger partial charge in [0.25, 0.3) is 0 Å². The normalized spacial score (nSPS) is 15.1. The van der Waals surface area contributed by atoms with Crippen LogP contribution in [0.5, 0.6) is 0 Å². The molecular weight excluding hydrogens is 358 g/mol. The molecule has 5 rings (SSSR count). The minimum atomic E-state index is 0. The Labute approximate surface area is 164 Å². The average molecular weight is 380 g/mol. The molecule has 5 nitrogen and oxygen atoms in total. The third-order valence-electron chi connectivity index (χ3n) is 5.29. The van der Waals surface area contributed by atoms with Crippen LogP contribution in [0.25, 0.3) is 33.2 Å². The third kappa shape index (κ3) is 3.40. The first-order valence-corrected chi connectivity index (χ1v) is 9.17. The number of nitrogens with one attached hydrogen (secondary N) is 1. The maximum Gasteiger partial charge on any atom is 0.159 e. The molecule has 138 valence electrons. The number of hydrogen-bond donors (Lipinski definition) is 1. The Balaban J connectivity index is 0.00000180. The van der Waals surface area contributed by atoms with Gasteiger partial charge >= 0.3 is 0 Å². The Kier molecular flexibility index (Phi) is 4.81. The molecule has 27 heavy (non-hydrogen) atoms. The molecule has 0 saturated carbocycles. The van der Waals surface area contributed by atoms with E-state index in [1.165, 1.54) is 18.4 Å². The van der Waals surface area contributed by atoms with E-state index in [9.17, 15) is 0 Å². The molecule has 1 aliphatic heterocycles. The highest BCUT2D eigenvalue weighted by Gasteiger charge is 2.15. The largest absolute Gasteiger partial charge is 0.317 e. The van der Waals surface area contributed by atoms with E-state index in [2.05, 4.69) is 39.7 Å². The van der Waals surface area contributed by atoms with E-state index in [0.717, 1.165) is 46.3 Å². The molecule has 0 radical (unpaired) electrons. The standard InChI is InChI=1S/C21H21N5.ClH/c1-26-13-18-11-16(3-5-20(18)25-26)21-23-12-17-10-15(2-4-19(17)24-21)14-6-8-22-9-7-14;/h2-5,10-14,22H,6-9H2,1H3;1H. The monoisotopic (exact) mass is 379 g/mol. The summed E-state index contributed by atoms with van der Waals surface area (Å²) in [6.07, 6.45) is 6.38. The minimum absolute atomic E-state index is 0. The zero-order valence-electron chi connectivity index (χ0n) is 15.2. The number of halogens is 1. The number of piperidine rings is 1. The van der Waals surface area contributed by atoms with Crippen molar-refractivity contribution in [3.63, 3.8) is 0 Å². The predicted molar refractivity (Wildman–Crippen MR) is 111 cm³/mol. The zero-order chi connectivity index (χ0) is 17.5. The zero-order valence-corrected chi connectivity index (χ0v) is 16.0. The molecule has 6 heteroatoms. The van der Waals surface area contributed by atoms with Gasteiger partial charge in [-0.3, -0.25) is 4.68 Å². The Hall–Kier alpha value is -2.50. The van der Waals surface area contributed by atoms with Crippen LogP contribution in [0.15, 0.2) is 48.8 Å². The van der Waals surface area contributed by atoms with Crippen molar-refractivity contribution in [3.8, 4) is 11.4 Å². The van der Waals surface area contributed by atoms with Crippen molar-refractivity contribution in [2.24, 2.45) is 7.05 Å². The van der Waals surface area contributed by atoms with Gasteiger partial charge in [-0.15, -0.1) is 12.4 Å². The molecule has 1 fully saturated rings. The summed E-state index contributed by atoms with van der Waals surface area (Å²) in [6.45, 7) is 2.21. The molecule has 0 amide bonds. The second-order valence-electron chi connectivity index (χ2n) is 7.11. The lowest BCUT2D eigenvalue weighted by molar-refractivity contribution is 0.460. The van der Waals surface area contributed by atoms with Crippen LogP contribution in [0.3, 0.4) is 0 Å². The quantitative estimate of drug-likeness (QED) is 0.570. The number of rotatable bonds is 2. The van der Waals surface area contributed by atoms with Gasteiger partial charge in [0.1, 0.15) is 0 Å². The van der Waals surface area contributed by atoms with E-state index in [4.69, 9.17) is 4.98 Å². The summed E-state index contributed by atoms with van der Waals surface area (Å²) >= 11 is 0. The maximum atomic E-state index is 4.79. The minimum Gasteiger partial charge on any atom is -0.317 e. The molecule has 4 aromatic rings. The van der Waals surface area contributed by atoms with Crippen molar-refractivity contribution in [3.05, 3.63) is 54.4 Å².